The van der Waals surface area contributed by atoms with Crippen LogP contribution in [0.25, 0.3) is 10.1 Å². The fourth-order valence-electron chi connectivity index (χ4n) is 3.75. The molecule has 3 aromatic rings. The minimum Gasteiger partial charge on any atom is -0.454 e. The molecule has 4 heterocycles. The molecule has 8 heteroatoms. The minimum absolute atomic E-state index is 0.301. The predicted octanol–water partition coefficient (Wildman–Crippen LogP) is 3.54. The molecule has 1 saturated heterocycles. The molecule has 2 aliphatic heterocycles. The van der Waals surface area contributed by atoms with Crippen LogP contribution in [-0.2, 0) is 4.74 Å². The largest absolute Gasteiger partial charge is 0.454 e. The van der Waals surface area contributed by atoms with Gasteiger partial charge >= 0.3 is 0 Å². The lowest BCUT2D eigenvalue weighted by Crippen LogP contribution is -2.47. The van der Waals surface area contributed by atoms with Gasteiger partial charge in [0.05, 0.1) is 11.6 Å². The number of benzene rings is 1. The van der Waals surface area contributed by atoms with Gasteiger partial charge in [-0.1, -0.05) is 0 Å². The van der Waals surface area contributed by atoms with Crippen LogP contribution in [0.1, 0.15) is 0 Å². The lowest BCUT2D eigenvalue weighted by Gasteiger charge is -2.36. The number of hydrogen-bond donors (Lipinski definition) is 1. The number of methoxy groups -OCH3 is 1. The molecule has 5 rings (SSSR count). The normalized spacial score (nSPS) is 16.5. The van der Waals surface area contributed by atoms with Gasteiger partial charge in [-0.15, -0.1) is 11.3 Å². The number of anilines is 3. The van der Waals surface area contributed by atoms with E-state index in [0.717, 1.165) is 67.0 Å². The second-order valence-electron chi connectivity index (χ2n) is 7.20. The average molecular weight is 413 g/mol. The van der Waals surface area contributed by atoms with Gasteiger partial charge in [-0.3, -0.25) is 4.90 Å². The molecule has 0 atom stereocenters. The van der Waals surface area contributed by atoms with Crippen molar-refractivity contribution in [3.05, 3.63) is 36.5 Å². The second-order valence-corrected chi connectivity index (χ2v) is 8.28. The molecule has 1 fully saturated rings. The van der Waals surface area contributed by atoms with Crippen LogP contribution in [0.15, 0.2) is 36.5 Å². The van der Waals surface area contributed by atoms with Crippen molar-refractivity contribution in [2.75, 3.05) is 63.5 Å². The summed E-state index contributed by atoms with van der Waals surface area (Å²) < 4.78 is 17.3. The minimum atomic E-state index is 0.301. The molecule has 1 aromatic carbocycles. The molecule has 1 N–H and O–H groups in total. The number of nitrogens with zero attached hydrogens (tertiary/aromatic N) is 3. The summed E-state index contributed by atoms with van der Waals surface area (Å²) in [5.41, 5.74) is 1.20. The van der Waals surface area contributed by atoms with E-state index in [1.54, 1.807) is 18.4 Å². The zero-order valence-electron chi connectivity index (χ0n) is 16.4. The highest BCUT2D eigenvalue weighted by atomic mass is 32.1. The monoisotopic (exact) mass is 412 g/mol. The van der Waals surface area contributed by atoms with Crippen LogP contribution in [0.3, 0.4) is 0 Å². The maximum absolute atomic E-state index is 5.48. The number of fused-ring (bicyclic) bond motifs is 2. The Labute approximate surface area is 173 Å². The van der Waals surface area contributed by atoms with E-state index in [4.69, 9.17) is 14.2 Å². The number of hydrogen-bond acceptors (Lipinski definition) is 8. The molecule has 29 heavy (non-hydrogen) atoms. The zero-order valence-corrected chi connectivity index (χ0v) is 17.2. The van der Waals surface area contributed by atoms with E-state index >= 15 is 0 Å². The molecule has 7 nitrogen and oxygen atoms in total. The molecule has 0 aliphatic carbocycles. The van der Waals surface area contributed by atoms with Crippen molar-refractivity contribution in [3.63, 3.8) is 0 Å². The highest BCUT2D eigenvalue weighted by molar-refractivity contribution is 7.22. The number of aromatic nitrogens is 1. The number of ether oxygens (including phenoxy) is 3. The van der Waals surface area contributed by atoms with E-state index in [-0.39, 0.29) is 0 Å². The van der Waals surface area contributed by atoms with Crippen LogP contribution < -0.4 is 19.7 Å². The first kappa shape index (κ1) is 18.5. The van der Waals surface area contributed by atoms with Gasteiger partial charge in [0.15, 0.2) is 11.5 Å². The Balaban J connectivity index is 1.27. The van der Waals surface area contributed by atoms with Gasteiger partial charge in [-0.2, -0.15) is 0 Å². The number of piperazine rings is 1. The molecular formula is C21H24N4O3S. The highest BCUT2D eigenvalue weighted by Crippen LogP contribution is 2.41. The van der Waals surface area contributed by atoms with Gasteiger partial charge in [-0.05, 0) is 23.6 Å². The van der Waals surface area contributed by atoms with E-state index in [9.17, 15) is 0 Å². The Hall–Kier alpha value is -2.55. The van der Waals surface area contributed by atoms with E-state index in [0.29, 0.717) is 6.79 Å². The maximum atomic E-state index is 5.48. The molecule has 2 aliphatic rings. The second kappa shape index (κ2) is 8.06. The van der Waals surface area contributed by atoms with Crippen molar-refractivity contribution < 1.29 is 14.2 Å². The van der Waals surface area contributed by atoms with Gasteiger partial charge in [0.25, 0.3) is 0 Å². The summed E-state index contributed by atoms with van der Waals surface area (Å²) >= 11 is 1.69. The average Bonchev–Trinajstić information content (AvgIpc) is 3.36. The molecule has 0 amide bonds. The summed E-state index contributed by atoms with van der Waals surface area (Å²) in [6, 6.07) is 10.4. The van der Waals surface area contributed by atoms with Crippen LogP contribution in [-0.4, -0.2) is 63.1 Å². The summed E-state index contributed by atoms with van der Waals surface area (Å²) in [4.78, 5) is 9.37. The van der Waals surface area contributed by atoms with Crippen molar-refractivity contribution in [3.8, 4) is 11.5 Å². The summed E-state index contributed by atoms with van der Waals surface area (Å²) in [5, 5.41) is 5.65. The topological polar surface area (TPSA) is 59.1 Å². The third kappa shape index (κ3) is 3.96. The standard InChI is InChI=1S/C21H24N4O3S/c1-26-9-8-24-4-6-25(7-5-24)16-2-3-22-20(12-16)23-21-11-15-10-17-18(28-14-27-17)13-19(15)29-21/h2-3,10-13H,4-9,14H2,1H3,(H,22,23). The Morgan fingerprint density at radius 2 is 1.93 bits per heavy atom. The molecular weight excluding hydrogens is 388 g/mol. The zero-order chi connectivity index (χ0) is 19.6. The van der Waals surface area contributed by atoms with E-state index in [2.05, 4.69) is 38.3 Å². The number of nitrogens with one attached hydrogen (secondary N) is 1. The lowest BCUT2D eigenvalue weighted by molar-refractivity contribution is 0.144. The summed E-state index contributed by atoms with van der Waals surface area (Å²) in [6.45, 7) is 6.23. The third-order valence-electron chi connectivity index (χ3n) is 5.36. The third-order valence-corrected chi connectivity index (χ3v) is 6.37. The van der Waals surface area contributed by atoms with Crippen molar-refractivity contribution in [1.29, 1.82) is 0 Å². The smallest absolute Gasteiger partial charge is 0.231 e. The fraction of sp³-hybridized carbons (Fsp3) is 0.381. The van der Waals surface area contributed by atoms with Gasteiger partial charge in [0, 0.05) is 68.6 Å². The fourth-order valence-corrected chi connectivity index (χ4v) is 4.73. The number of thiophene rings is 1. The molecule has 0 bridgehead atoms. The Morgan fingerprint density at radius 3 is 2.76 bits per heavy atom. The van der Waals surface area contributed by atoms with Gasteiger partial charge in [0.2, 0.25) is 6.79 Å². The summed E-state index contributed by atoms with van der Waals surface area (Å²) in [6.07, 6.45) is 1.87. The van der Waals surface area contributed by atoms with Gasteiger partial charge in [0.1, 0.15) is 5.82 Å². The molecule has 2 aromatic heterocycles. The van der Waals surface area contributed by atoms with Gasteiger partial charge in [-0.25, -0.2) is 4.98 Å². The van der Waals surface area contributed by atoms with Crippen LogP contribution in [0, 0.1) is 0 Å². The Morgan fingerprint density at radius 1 is 1.10 bits per heavy atom. The van der Waals surface area contributed by atoms with E-state index < -0.39 is 0 Å². The van der Waals surface area contributed by atoms with Crippen LogP contribution >= 0.6 is 11.3 Å². The first-order chi connectivity index (χ1) is 14.3. The quantitative estimate of drug-likeness (QED) is 0.665. The molecule has 0 spiro atoms. The van der Waals surface area contributed by atoms with Crippen LogP contribution in [0.5, 0.6) is 11.5 Å². The number of rotatable bonds is 6. The first-order valence-corrected chi connectivity index (χ1v) is 10.6. The number of pyridine rings is 1. The maximum Gasteiger partial charge on any atom is 0.231 e. The van der Waals surface area contributed by atoms with E-state index in [1.807, 2.05) is 18.3 Å². The van der Waals surface area contributed by atoms with Gasteiger partial charge < -0.3 is 24.4 Å². The molecule has 152 valence electrons. The molecule has 0 unspecified atom stereocenters. The Kier molecular flexibility index (Phi) is 5.13. The highest BCUT2D eigenvalue weighted by Gasteiger charge is 2.18. The predicted molar refractivity (Wildman–Crippen MR) is 116 cm³/mol. The lowest BCUT2D eigenvalue weighted by atomic mass is 10.2. The van der Waals surface area contributed by atoms with Crippen LogP contribution in [0.4, 0.5) is 16.5 Å². The van der Waals surface area contributed by atoms with Crippen molar-refractivity contribution in [2.24, 2.45) is 0 Å². The Bertz CT molecular complexity index is 960. The van der Waals surface area contributed by atoms with Crippen molar-refractivity contribution >= 4 is 37.9 Å². The van der Waals surface area contributed by atoms with Crippen LogP contribution in [0.2, 0.25) is 0 Å². The van der Waals surface area contributed by atoms with E-state index in [1.165, 1.54) is 10.4 Å². The summed E-state index contributed by atoms with van der Waals surface area (Å²) in [5.74, 6) is 2.48. The first-order valence-electron chi connectivity index (χ1n) is 9.81. The van der Waals surface area contributed by atoms with Crippen molar-refractivity contribution in [1.82, 2.24) is 9.88 Å². The molecule has 0 saturated carbocycles. The SMILES string of the molecule is COCCN1CCN(c2ccnc(Nc3cc4cc5c(cc4s3)OCO5)c2)CC1. The molecule has 0 radical (unpaired) electrons. The summed E-state index contributed by atoms with van der Waals surface area (Å²) in [7, 11) is 1.76. The van der Waals surface area contributed by atoms with Crippen molar-refractivity contribution in [2.45, 2.75) is 0 Å².